The van der Waals surface area contributed by atoms with E-state index in [0.717, 1.165) is 178 Å². The molecule has 13 aromatic carbocycles. The van der Waals surface area contributed by atoms with Crippen LogP contribution in [0.15, 0.2) is 376 Å². The first-order chi connectivity index (χ1) is 52.5. The second-order valence-electron chi connectivity index (χ2n) is 27.3. The number of fused-ring (bicyclic) bond motifs is 12. The van der Waals surface area contributed by atoms with Gasteiger partial charge in [0, 0.05) is 87.8 Å². The number of benzene rings is 13. The Morgan fingerprint density at radius 1 is 0.151 bits per heavy atom. The molecule has 0 fully saturated rings. The Morgan fingerprint density at radius 3 is 0.698 bits per heavy atom. The summed E-state index contributed by atoms with van der Waals surface area (Å²) in [6.07, 6.45) is 0. The minimum atomic E-state index is 0.770. The predicted molar refractivity (Wildman–Crippen MR) is 438 cm³/mol. The molecule has 0 unspecified atom stereocenters. The molecule has 8 heteroatoms. The van der Waals surface area contributed by atoms with E-state index in [1.807, 2.05) is 0 Å². The second kappa shape index (κ2) is 24.7. The van der Waals surface area contributed by atoms with Crippen molar-refractivity contribution in [3.05, 3.63) is 376 Å². The molecule has 0 bridgehead atoms. The van der Waals surface area contributed by atoms with Crippen molar-refractivity contribution in [3.63, 3.8) is 0 Å². The van der Waals surface area contributed by atoms with Gasteiger partial charge in [-0.05, 0) is 144 Å². The van der Waals surface area contributed by atoms with E-state index in [1.54, 1.807) is 0 Å². The lowest BCUT2D eigenvalue weighted by atomic mass is 9.92. The summed E-state index contributed by atoms with van der Waals surface area (Å²) in [5.41, 5.74) is 25.9. The van der Waals surface area contributed by atoms with Gasteiger partial charge in [-0.2, -0.15) is 0 Å². The summed E-state index contributed by atoms with van der Waals surface area (Å²) < 4.78 is 9.61. The van der Waals surface area contributed by atoms with Gasteiger partial charge >= 0.3 is 0 Å². The Hall–Kier alpha value is -14.3. The maximum atomic E-state index is 5.99. The molecular weight excluding hydrogens is 1290 g/mol. The van der Waals surface area contributed by atoms with E-state index < -0.39 is 0 Å². The number of rotatable bonds is 12. The van der Waals surface area contributed by atoms with Crippen molar-refractivity contribution in [3.8, 4) is 113 Å². The van der Waals surface area contributed by atoms with E-state index in [9.17, 15) is 0 Å². The number of hydrogen-bond donors (Lipinski definition) is 0. The van der Waals surface area contributed by atoms with Gasteiger partial charge in [-0.25, -0.2) is 19.9 Å². The maximum absolute atomic E-state index is 5.99. The molecule has 0 saturated heterocycles. The lowest BCUT2D eigenvalue weighted by molar-refractivity contribution is 1.01. The lowest BCUT2D eigenvalue weighted by Gasteiger charge is -2.18. The zero-order chi connectivity index (χ0) is 69.8. The zero-order valence-corrected chi connectivity index (χ0v) is 57.4. The molecule has 0 aliphatic carbocycles. The van der Waals surface area contributed by atoms with E-state index >= 15 is 0 Å². The minimum Gasteiger partial charge on any atom is -0.309 e. The van der Waals surface area contributed by atoms with Gasteiger partial charge in [0.2, 0.25) is 0 Å². The Labute approximate surface area is 610 Å². The van der Waals surface area contributed by atoms with Crippen LogP contribution in [0.2, 0.25) is 0 Å². The van der Waals surface area contributed by atoms with Gasteiger partial charge in [0.25, 0.3) is 0 Å². The quantitative estimate of drug-likeness (QED) is 0.122. The van der Waals surface area contributed by atoms with Gasteiger partial charge in [-0.3, -0.25) is 9.13 Å². The molecule has 0 amide bonds. The Kier molecular flexibility index (Phi) is 14.1. The monoisotopic (exact) mass is 1350 g/mol. The molecule has 0 aliphatic heterocycles. The summed E-state index contributed by atoms with van der Waals surface area (Å²) in [5, 5.41) is 9.36. The third-order valence-electron chi connectivity index (χ3n) is 21.1. The van der Waals surface area contributed by atoms with Crippen LogP contribution in [0.5, 0.6) is 0 Å². The van der Waals surface area contributed by atoms with Gasteiger partial charge in [0.05, 0.1) is 78.3 Å². The van der Waals surface area contributed by atoms with E-state index in [4.69, 9.17) is 19.9 Å². The highest BCUT2D eigenvalue weighted by Gasteiger charge is 2.25. The van der Waals surface area contributed by atoms with Crippen LogP contribution in [0, 0.1) is 0 Å². The molecule has 0 radical (unpaired) electrons. The smallest absolute Gasteiger partial charge is 0.140 e. The van der Waals surface area contributed by atoms with E-state index in [-0.39, 0.29) is 0 Å². The number of hydrogen-bond acceptors (Lipinski definition) is 4. The molecule has 106 heavy (non-hydrogen) atoms. The van der Waals surface area contributed by atoms with Crippen LogP contribution in [-0.2, 0) is 0 Å². The van der Waals surface area contributed by atoms with Crippen LogP contribution >= 0.6 is 0 Å². The number of nitrogens with zero attached hydrogens (tertiary/aromatic N) is 8. The van der Waals surface area contributed by atoms with Gasteiger partial charge < -0.3 is 9.13 Å². The number of para-hydroxylation sites is 6. The summed E-state index contributed by atoms with van der Waals surface area (Å²) in [6, 6.07) is 135. The molecule has 21 rings (SSSR count). The third-order valence-corrected chi connectivity index (χ3v) is 21.1. The van der Waals surface area contributed by atoms with Crippen molar-refractivity contribution in [2.24, 2.45) is 0 Å². The Balaban J connectivity index is 0.833. The van der Waals surface area contributed by atoms with E-state index in [2.05, 4.69) is 394 Å². The molecule has 8 heterocycles. The van der Waals surface area contributed by atoms with Gasteiger partial charge in [0.15, 0.2) is 0 Å². The SMILES string of the molecule is c1ccc(-c2cc(-c3cc(-c4ccccc4-c4cc(-n5c6ccccc6c6ccccc65)nc(-n5c6ccc(-n7c8ccccc8c8ccccc87)cc6c6cc(-n7c8ccccc8c8ccccc87)ccc65)c4)cc(-c4cc(-c5ccccc5)nc(-c5ccccc5)c4)n3)cc(-c3ccccc3)n2)cc1. The van der Waals surface area contributed by atoms with Crippen molar-refractivity contribution in [2.45, 2.75) is 0 Å². The van der Waals surface area contributed by atoms with Crippen molar-refractivity contribution in [1.29, 1.82) is 0 Å². The molecule has 0 atom stereocenters. The molecule has 0 saturated carbocycles. The Morgan fingerprint density at radius 2 is 0.387 bits per heavy atom. The van der Waals surface area contributed by atoms with E-state index in [1.165, 1.54) is 21.5 Å². The fourth-order valence-electron chi connectivity index (χ4n) is 16.3. The lowest BCUT2D eigenvalue weighted by Crippen LogP contribution is -2.05. The fourth-order valence-corrected chi connectivity index (χ4v) is 16.3. The first-order valence-electron chi connectivity index (χ1n) is 36.0. The number of pyridine rings is 4. The van der Waals surface area contributed by atoms with Crippen LogP contribution in [0.3, 0.4) is 0 Å². The van der Waals surface area contributed by atoms with Crippen molar-refractivity contribution in [2.75, 3.05) is 0 Å². The van der Waals surface area contributed by atoms with Gasteiger partial charge in [-0.15, -0.1) is 0 Å². The van der Waals surface area contributed by atoms with Gasteiger partial charge in [-0.1, -0.05) is 255 Å². The largest absolute Gasteiger partial charge is 0.309 e. The van der Waals surface area contributed by atoms with Gasteiger partial charge in [0.1, 0.15) is 11.6 Å². The summed E-state index contributed by atoms with van der Waals surface area (Å²) in [5.74, 6) is 1.55. The first kappa shape index (κ1) is 60.4. The highest BCUT2D eigenvalue weighted by atomic mass is 15.1. The highest BCUT2D eigenvalue weighted by Crippen LogP contribution is 2.45. The summed E-state index contributed by atoms with van der Waals surface area (Å²) in [7, 11) is 0. The Bertz CT molecular complexity index is 6470. The third kappa shape index (κ3) is 10.1. The zero-order valence-electron chi connectivity index (χ0n) is 57.4. The van der Waals surface area contributed by atoms with Crippen molar-refractivity contribution in [1.82, 2.24) is 38.2 Å². The van der Waals surface area contributed by atoms with E-state index in [0.29, 0.717) is 0 Å². The predicted octanol–water partition coefficient (Wildman–Crippen LogP) is 25.0. The minimum absolute atomic E-state index is 0.770. The normalized spacial score (nSPS) is 11.8. The highest BCUT2D eigenvalue weighted by molar-refractivity contribution is 6.15. The average molecular weight is 1350 g/mol. The van der Waals surface area contributed by atoms with Crippen LogP contribution in [0.25, 0.3) is 200 Å². The first-order valence-corrected chi connectivity index (χ1v) is 36.0. The fraction of sp³-hybridized carbons (Fsp3) is 0. The molecule has 8 nitrogen and oxygen atoms in total. The molecule has 0 N–H and O–H groups in total. The van der Waals surface area contributed by atoms with Crippen molar-refractivity contribution >= 4 is 87.2 Å². The van der Waals surface area contributed by atoms with Crippen LogP contribution in [0.1, 0.15) is 0 Å². The van der Waals surface area contributed by atoms with Crippen LogP contribution in [-0.4, -0.2) is 38.2 Å². The summed E-state index contributed by atoms with van der Waals surface area (Å²) >= 11 is 0. The molecule has 494 valence electrons. The maximum Gasteiger partial charge on any atom is 0.140 e. The van der Waals surface area contributed by atoms with Crippen LogP contribution in [0.4, 0.5) is 0 Å². The molecule has 8 aromatic heterocycles. The van der Waals surface area contributed by atoms with Crippen molar-refractivity contribution < 1.29 is 0 Å². The average Bonchev–Trinajstić information content (AvgIpc) is 1.55. The topological polar surface area (TPSA) is 71.3 Å². The molecule has 0 spiro atoms. The van der Waals surface area contributed by atoms with Crippen LogP contribution < -0.4 is 0 Å². The second-order valence-corrected chi connectivity index (χ2v) is 27.3. The summed E-state index contributed by atoms with van der Waals surface area (Å²) in [4.78, 5) is 22.5. The molecular formula is C98H62N8. The molecule has 0 aliphatic rings. The standard InChI is InChI=1S/C98H62N8/c1-5-27-63(28-6-1)83-55-69(56-84(99-83)64-29-7-2-8-30-64)87-53-67(54-88(101-87)70-57-85(65-31-9-3-10-32-65)100-86(58-70)66-33-11-4-12-34-66)73-35-13-14-36-74(73)68-59-97(105-93-47-25-19-41-79(93)80-42-20-26-48-94(80)105)102-98(60-68)106-95-51-49-71(103-89-43-21-15-37-75(89)76-38-16-22-44-90(76)103)61-81(95)82-62-72(50-52-96(82)106)104-91-45-23-17-39-77(91)78-40-18-24-46-92(78)104/h1-62H. The number of aromatic nitrogens is 8. The summed E-state index contributed by atoms with van der Waals surface area (Å²) in [6.45, 7) is 0. The molecule has 21 aromatic rings.